The molecule has 0 unspecified atom stereocenters. The summed E-state index contributed by atoms with van der Waals surface area (Å²) in [6.07, 6.45) is 1.48. The summed E-state index contributed by atoms with van der Waals surface area (Å²) in [5.74, 6) is 4.03. The highest BCUT2D eigenvalue weighted by molar-refractivity contribution is 9.10. The zero-order valence-electron chi connectivity index (χ0n) is 19.3. The minimum absolute atomic E-state index is 0.430. The summed E-state index contributed by atoms with van der Waals surface area (Å²) >= 11 is 3.44. The summed E-state index contributed by atoms with van der Waals surface area (Å²) in [6.45, 7) is 2.43. The van der Waals surface area contributed by atoms with Gasteiger partial charge in [-0.3, -0.25) is 0 Å². The number of aryl methyl sites for hydroxylation is 1. The maximum atomic E-state index is 6.06. The maximum Gasteiger partial charge on any atom is 0.228 e. The van der Waals surface area contributed by atoms with Crippen LogP contribution in [0.4, 0.5) is 5.88 Å². The zero-order chi connectivity index (χ0) is 24.4. The molecule has 10 heteroatoms. The lowest BCUT2D eigenvalue weighted by atomic mass is 10.2. The fourth-order valence-corrected chi connectivity index (χ4v) is 3.85. The number of hydrogen-bond acceptors (Lipinski definition) is 8. The molecule has 5 aromatic rings. The van der Waals surface area contributed by atoms with Crippen LogP contribution in [0.2, 0.25) is 0 Å². The van der Waals surface area contributed by atoms with Gasteiger partial charge in [-0.15, -0.1) is 0 Å². The topological polar surface area (TPSA) is 95.9 Å². The third-order valence-electron chi connectivity index (χ3n) is 5.38. The normalized spacial score (nSPS) is 11.0. The van der Waals surface area contributed by atoms with Crippen molar-refractivity contribution in [1.82, 2.24) is 19.6 Å². The third-order valence-corrected chi connectivity index (χ3v) is 5.91. The lowest BCUT2D eigenvalue weighted by Crippen LogP contribution is -2.03. The molecule has 0 saturated carbocycles. The predicted molar refractivity (Wildman–Crippen MR) is 134 cm³/mol. The zero-order valence-corrected chi connectivity index (χ0v) is 20.9. The largest absolute Gasteiger partial charge is 0.493 e. The Morgan fingerprint density at radius 2 is 1.80 bits per heavy atom. The molecule has 3 aromatic heterocycles. The van der Waals surface area contributed by atoms with Gasteiger partial charge in [0.15, 0.2) is 28.8 Å². The molecule has 178 valence electrons. The predicted octanol–water partition coefficient (Wildman–Crippen LogP) is 5.88. The van der Waals surface area contributed by atoms with Crippen LogP contribution in [0, 0.1) is 6.92 Å². The lowest BCUT2D eigenvalue weighted by Gasteiger charge is -2.11. The van der Waals surface area contributed by atoms with E-state index in [9.17, 15) is 0 Å². The van der Waals surface area contributed by atoms with Crippen LogP contribution in [0.15, 0.2) is 69.8 Å². The summed E-state index contributed by atoms with van der Waals surface area (Å²) in [6, 6.07) is 17.0. The average molecular weight is 536 g/mol. The first-order chi connectivity index (χ1) is 17.1. The van der Waals surface area contributed by atoms with E-state index in [1.54, 1.807) is 18.7 Å². The number of fused-ring (bicyclic) bond motifs is 1. The van der Waals surface area contributed by atoms with Crippen molar-refractivity contribution >= 4 is 27.5 Å². The first-order valence-electron chi connectivity index (χ1n) is 10.7. The lowest BCUT2D eigenvalue weighted by molar-refractivity contribution is 0.354. The number of halogens is 1. The van der Waals surface area contributed by atoms with E-state index in [1.807, 2.05) is 61.5 Å². The van der Waals surface area contributed by atoms with E-state index in [0.29, 0.717) is 52.8 Å². The van der Waals surface area contributed by atoms with Gasteiger partial charge in [0.25, 0.3) is 0 Å². The van der Waals surface area contributed by atoms with E-state index >= 15 is 0 Å². The van der Waals surface area contributed by atoms with Gasteiger partial charge in [-0.25, -0.2) is 4.98 Å². The summed E-state index contributed by atoms with van der Waals surface area (Å²) < 4.78 is 25.4. The van der Waals surface area contributed by atoms with Crippen LogP contribution in [0.3, 0.4) is 0 Å². The Kier molecular flexibility index (Phi) is 6.28. The van der Waals surface area contributed by atoms with Gasteiger partial charge < -0.3 is 23.9 Å². The number of benzene rings is 2. The standard InChI is InChI=1S/C25H22BrN5O4/c1-15-23-28-14-29-31(23)24(30-25(15)34-18-7-5-17(26)6-8-18)20-10-11-22(35-20)27-13-16-4-9-19(32-2)21(12-16)33-3/h4-12,14,27H,13H2,1-3H3. The molecule has 35 heavy (non-hydrogen) atoms. The molecule has 2 aromatic carbocycles. The Labute approximate surface area is 209 Å². The van der Waals surface area contributed by atoms with E-state index in [-0.39, 0.29) is 0 Å². The van der Waals surface area contributed by atoms with Gasteiger partial charge in [0.2, 0.25) is 11.7 Å². The molecular formula is C25H22BrN5O4. The molecule has 0 amide bonds. The molecule has 0 aliphatic heterocycles. The SMILES string of the molecule is COc1ccc(CNc2ccc(-c3nc(Oc4ccc(Br)cc4)c(C)c4ncnn34)o2)cc1OC. The number of aromatic nitrogens is 4. The number of nitrogens with one attached hydrogen (secondary N) is 1. The number of anilines is 1. The van der Waals surface area contributed by atoms with Crippen molar-refractivity contribution in [3.63, 3.8) is 0 Å². The van der Waals surface area contributed by atoms with Gasteiger partial charge in [-0.2, -0.15) is 14.6 Å². The van der Waals surface area contributed by atoms with Gasteiger partial charge >= 0.3 is 0 Å². The van der Waals surface area contributed by atoms with Gasteiger partial charge in [0.1, 0.15) is 12.1 Å². The van der Waals surface area contributed by atoms with Crippen LogP contribution < -0.4 is 19.5 Å². The van der Waals surface area contributed by atoms with Gasteiger partial charge in [-0.1, -0.05) is 22.0 Å². The monoisotopic (exact) mass is 535 g/mol. The quantitative estimate of drug-likeness (QED) is 0.263. The van der Waals surface area contributed by atoms with E-state index in [0.717, 1.165) is 15.6 Å². The minimum atomic E-state index is 0.430. The van der Waals surface area contributed by atoms with E-state index in [4.69, 9.17) is 23.6 Å². The molecule has 3 heterocycles. The fraction of sp³-hybridized carbons (Fsp3) is 0.160. The second kappa shape index (κ2) is 9.67. The van der Waals surface area contributed by atoms with Crippen molar-refractivity contribution in [2.24, 2.45) is 0 Å². The smallest absolute Gasteiger partial charge is 0.228 e. The first kappa shape index (κ1) is 22.7. The van der Waals surface area contributed by atoms with E-state index < -0.39 is 0 Å². The molecular weight excluding hydrogens is 514 g/mol. The number of hydrogen-bond donors (Lipinski definition) is 1. The van der Waals surface area contributed by atoms with Crippen LogP contribution in [0.1, 0.15) is 11.1 Å². The minimum Gasteiger partial charge on any atom is -0.493 e. The van der Waals surface area contributed by atoms with Crippen molar-refractivity contribution in [2.75, 3.05) is 19.5 Å². The Morgan fingerprint density at radius 1 is 1.00 bits per heavy atom. The van der Waals surface area contributed by atoms with Crippen molar-refractivity contribution in [3.05, 3.63) is 76.5 Å². The summed E-state index contributed by atoms with van der Waals surface area (Å²) in [4.78, 5) is 9.09. The molecule has 0 aliphatic rings. The van der Waals surface area contributed by atoms with Crippen molar-refractivity contribution in [2.45, 2.75) is 13.5 Å². The fourth-order valence-electron chi connectivity index (χ4n) is 3.58. The number of nitrogens with zero attached hydrogens (tertiary/aromatic N) is 4. The van der Waals surface area contributed by atoms with Crippen LogP contribution >= 0.6 is 15.9 Å². The molecule has 9 nitrogen and oxygen atoms in total. The molecule has 0 saturated heterocycles. The molecule has 0 radical (unpaired) electrons. The summed E-state index contributed by atoms with van der Waals surface area (Å²) in [5.41, 5.74) is 2.42. The van der Waals surface area contributed by atoms with Crippen LogP contribution in [-0.2, 0) is 6.54 Å². The third kappa shape index (κ3) is 4.65. The second-order valence-electron chi connectivity index (χ2n) is 7.62. The van der Waals surface area contributed by atoms with Crippen molar-refractivity contribution in [3.8, 4) is 34.7 Å². The van der Waals surface area contributed by atoms with Crippen LogP contribution in [0.25, 0.3) is 17.2 Å². The maximum absolute atomic E-state index is 6.06. The van der Waals surface area contributed by atoms with Crippen molar-refractivity contribution < 1.29 is 18.6 Å². The second-order valence-corrected chi connectivity index (χ2v) is 8.54. The Hall–Kier alpha value is -4.05. The Morgan fingerprint density at radius 3 is 2.57 bits per heavy atom. The highest BCUT2D eigenvalue weighted by Crippen LogP contribution is 2.32. The summed E-state index contributed by atoms with van der Waals surface area (Å²) in [5, 5.41) is 7.61. The molecule has 0 spiro atoms. The van der Waals surface area contributed by atoms with Gasteiger partial charge in [-0.05, 0) is 55.0 Å². The molecule has 0 fully saturated rings. The highest BCUT2D eigenvalue weighted by atomic mass is 79.9. The first-order valence-corrected chi connectivity index (χ1v) is 11.5. The molecule has 0 atom stereocenters. The number of rotatable bonds is 8. The Bertz CT molecular complexity index is 1480. The van der Waals surface area contributed by atoms with Gasteiger partial charge in [0.05, 0.1) is 19.8 Å². The highest BCUT2D eigenvalue weighted by Gasteiger charge is 2.19. The number of furan rings is 1. The average Bonchev–Trinajstić information content (AvgIpc) is 3.56. The number of methoxy groups -OCH3 is 2. The van der Waals surface area contributed by atoms with E-state index in [2.05, 4.69) is 31.3 Å². The number of ether oxygens (including phenoxy) is 3. The van der Waals surface area contributed by atoms with E-state index in [1.165, 1.54) is 6.33 Å². The summed E-state index contributed by atoms with van der Waals surface area (Å²) in [7, 11) is 3.22. The van der Waals surface area contributed by atoms with Crippen LogP contribution in [-0.4, -0.2) is 33.8 Å². The molecule has 5 rings (SSSR count). The van der Waals surface area contributed by atoms with Crippen LogP contribution in [0.5, 0.6) is 23.1 Å². The van der Waals surface area contributed by atoms with Crippen molar-refractivity contribution in [1.29, 1.82) is 0 Å². The Balaban J connectivity index is 1.41. The molecule has 0 aliphatic carbocycles. The molecule has 1 N–H and O–H groups in total. The van der Waals surface area contributed by atoms with Gasteiger partial charge in [0, 0.05) is 17.1 Å². The molecule has 0 bridgehead atoms.